The van der Waals surface area contributed by atoms with Crippen molar-refractivity contribution < 1.29 is 9.18 Å². The largest absolute Gasteiger partial charge is 0.371 e. The van der Waals surface area contributed by atoms with Gasteiger partial charge in [0, 0.05) is 26.7 Å². The summed E-state index contributed by atoms with van der Waals surface area (Å²) >= 11 is 0. The van der Waals surface area contributed by atoms with Crippen molar-refractivity contribution in [2.45, 2.75) is 6.42 Å². The van der Waals surface area contributed by atoms with E-state index < -0.39 is 0 Å². The van der Waals surface area contributed by atoms with Crippen LogP contribution in [0.5, 0.6) is 0 Å². The highest BCUT2D eigenvalue weighted by atomic mass is 19.1. The van der Waals surface area contributed by atoms with Crippen molar-refractivity contribution in [3.05, 3.63) is 24.0 Å². The van der Waals surface area contributed by atoms with E-state index in [0.29, 0.717) is 6.54 Å². The molecule has 19 heavy (non-hydrogen) atoms. The fourth-order valence-corrected chi connectivity index (χ4v) is 2.84. The van der Waals surface area contributed by atoms with Gasteiger partial charge in [0.05, 0.1) is 17.3 Å². The second-order valence-corrected chi connectivity index (χ2v) is 5.23. The molecule has 1 aromatic carbocycles. The zero-order chi connectivity index (χ0) is 13.4. The van der Waals surface area contributed by atoms with E-state index in [-0.39, 0.29) is 17.6 Å². The van der Waals surface area contributed by atoms with Gasteiger partial charge < -0.3 is 15.1 Å². The Kier molecular flexibility index (Phi) is 3.14. The maximum absolute atomic E-state index is 13.4. The smallest absolute Gasteiger partial charge is 0.231 e. The lowest BCUT2D eigenvalue weighted by molar-refractivity contribution is -0.121. The van der Waals surface area contributed by atoms with Gasteiger partial charge in [0.1, 0.15) is 5.82 Å². The summed E-state index contributed by atoms with van der Waals surface area (Å²) in [6.07, 6.45) is 0.891. The quantitative estimate of drug-likeness (QED) is 0.827. The third kappa shape index (κ3) is 2.18. The van der Waals surface area contributed by atoms with Gasteiger partial charge in [-0.1, -0.05) is 0 Å². The summed E-state index contributed by atoms with van der Waals surface area (Å²) in [5.74, 6) is -0.0466. The molecular weight excluding hydrogens is 245 g/mol. The minimum atomic E-state index is -0.262. The lowest BCUT2D eigenvalue weighted by atomic mass is 10.1. The Morgan fingerprint density at radius 2 is 2.21 bits per heavy atom. The molecule has 0 saturated carbocycles. The molecule has 2 heterocycles. The van der Waals surface area contributed by atoms with Crippen molar-refractivity contribution in [2.75, 3.05) is 43.0 Å². The number of anilines is 2. The normalized spacial score (nSPS) is 22.5. The second kappa shape index (κ2) is 4.81. The van der Waals surface area contributed by atoms with Crippen molar-refractivity contribution in [2.24, 2.45) is 5.92 Å². The second-order valence-electron chi connectivity index (χ2n) is 5.23. The number of carbonyl (C=O) groups excluding carboxylic acids is 1. The minimum Gasteiger partial charge on any atom is -0.371 e. The SMILES string of the molecule is CN1CCN(C(=O)C2CCNC2)c2ccc(F)cc21. The molecule has 1 atom stereocenters. The Balaban J connectivity index is 1.92. The van der Waals surface area contributed by atoms with Crippen molar-refractivity contribution >= 4 is 17.3 Å². The van der Waals surface area contributed by atoms with Crippen LogP contribution >= 0.6 is 0 Å². The van der Waals surface area contributed by atoms with Crippen LogP contribution in [0.25, 0.3) is 0 Å². The fourth-order valence-electron chi connectivity index (χ4n) is 2.84. The van der Waals surface area contributed by atoms with Crippen molar-refractivity contribution in [1.29, 1.82) is 0 Å². The summed E-state index contributed by atoms with van der Waals surface area (Å²) in [4.78, 5) is 16.3. The third-order valence-corrected chi connectivity index (χ3v) is 3.97. The highest BCUT2D eigenvalue weighted by Gasteiger charge is 2.31. The first kappa shape index (κ1) is 12.4. The molecule has 1 aromatic rings. The average molecular weight is 263 g/mol. The lowest BCUT2D eigenvalue weighted by Crippen LogP contribution is -2.45. The Morgan fingerprint density at radius 3 is 2.95 bits per heavy atom. The topological polar surface area (TPSA) is 35.6 Å². The van der Waals surface area contributed by atoms with Crippen molar-refractivity contribution in [3.8, 4) is 0 Å². The van der Waals surface area contributed by atoms with Crippen LogP contribution in [0.15, 0.2) is 18.2 Å². The molecular formula is C14H18FN3O. The third-order valence-electron chi connectivity index (χ3n) is 3.97. The van der Waals surface area contributed by atoms with Crippen LogP contribution in [0.1, 0.15) is 6.42 Å². The van der Waals surface area contributed by atoms with Gasteiger partial charge in [-0.15, -0.1) is 0 Å². The van der Waals surface area contributed by atoms with Crippen LogP contribution in [0.3, 0.4) is 0 Å². The van der Waals surface area contributed by atoms with Gasteiger partial charge in [0.2, 0.25) is 5.91 Å². The van der Waals surface area contributed by atoms with Gasteiger partial charge in [-0.05, 0) is 31.2 Å². The molecule has 0 radical (unpaired) electrons. The lowest BCUT2D eigenvalue weighted by Gasteiger charge is -2.36. The molecule has 4 nitrogen and oxygen atoms in total. The summed E-state index contributed by atoms with van der Waals surface area (Å²) in [6, 6.07) is 4.63. The molecule has 0 spiro atoms. The van der Waals surface area contributed by atoms with Gasteiger partial charge in [0.15, 0.2) is 0 Å². The molecule has 2 aliphatic rings. The van der Waals surface area contributed by atoms with Crippen LogP contribution in [0.4, 0.5) is 15.8 Å². The Morgan fingerprint density at radius 1 is 1.37 bits per heavy atom. The number of halogens is 1. The summed E-state index contributed by atoms with van der Waals surface area (Å²) in [7, 11) is 1.93. The van der Waals surface area contributed by atoms with Gasteiger partial charge >= 0.3 is 0 Å². The Hall–Kier alpha value is -1.62. The zero-order valence-corrected chi connectivity index (χ0v) is 11.0. The maximum Gasteiger partial charge on any atom is 0.231 e. The van der Waals surface area contributed by atoms with E-state index in [2.05, 4.69) is 5.32 Å². The van der Waals surface area contributed by atoms with Gasteiger partial charge in [-0.2, -0.15) is 0 Å². The number of carbonyl (C=O) groups is 1. The molecule has 5 heteroatoms. The van der Waals surface area contributed by atoms with E-state index in [4.69, 9.17) is 0 Å². The predicted octanol–water partition coefficient (Wildman–Crippen LogP) is 1.22. The molecule has 1 amide bonds. The first-order valence-electron chi connectivity index (χ1n) is 6.69. The Bertz CT molecular complexity index is 499. The highest BCUT2D eigenvalue weighted by molar-refractivity contribution is 5.99. The maximum atomic E-state index is 13.4. The highest BCUT2D eigenvalue weighted by Crippen LogP contribution is 2.34. The molecule has 2 aliphatic heterocycles. The number of nitrogens with one attached hydrogen (secondary N) is 1. The molecule has 1 saturated heterocycles. The van der Waals surface area contributed by atoms with Crippen molar-refractivity contribution in [1.82, 2.24) is 5.32 Å². The number of likely N-dealkylation sites (N-methyl/N-ethyl adjacent to an activating group) is 1. The number of amides is 1. The van der Waals surface area contributed by atoms with E-state index in [1.807, 2.05) is 16.8 Å². The number of fused-ring (bicyclic) bond motifs is 1. The van der Waals surface area contributed by atoms with Crippen LogP contribution < -0.4 is 15.1 Å². The van der Waals surface area contributed by atoms with E-state index in [1.54, 1.807) is 6.07 Å². The summed E-state index contributed by atoms with van der Waals surface area (Å²) < 4.78 is 13.4. The van der Waals surface area contributed by atoms with Gasteiger partial charge in [-0.25, -0.2) is 4.39 Å². The first-order chi connectivity index (χ1) is 9.16. The molecule has 1 fully saturated rings. The van der Waals surface area contributed by atoms with Crippen molar-refractivity contribution in [3.63, 3.8) is 0 Å². The zero-order valence-electron chi connectivity index (χ0n) is 11.0. The van der Waals surface area contributed by atoms with Gasteiger partial charge in [0.25, 0.3) is 0 Å². The minimum absolute atomic E-state index is 0.0568. The van der Waals surface area contributed by atoms with E-state index in [1.165, 1.54) is 12.1 Å². The summed E-state index contributed by atoms with van der Waals surface area (Å²) in [5, 5.41) is 3.22. The fraction of sp³-hybridized carbons (Fsp3) is 0.500. The number of rotatable bonds is 1. The van der Waals surface area contributed by atoms with E-state index in [9.17, 15) is 9.18 Å². The van der Waals surface area contributed by atoms with E-state index >= 15 is 0 Å². The van der Waals surface area contributed by atoms with Gasteiger partial charge in [-0.3, -0.25) is 4.79 Å². The standard InChI is InChI=1S/C14H18FN3O/c1-17-6-7-18(14(19)10-4-5-16-9-10)12-3-2-11(15)8-13(12)17/h2-3,8,10,16H,4-7,9H2,1H3. The molecule has 0 aliphatic carbocycles. The molecule has 0 bridgehead atoms. The number of hydrogen-bond donors (Lipinski definition) is 1. The monoisotopic (exact) mass is 263 g/mol. The summed E-state index contributed by atoms with van der Waals surface area (Å²) in [6.45, 7) is 3.06. The van der Waals surface area contributed by atoms with E-state index in [0.717, 1.165) is 37.4 Å². The molecule has 0 aromatic heterocycles. The molecule has 1 N–H and O–H groups in total. The summed E-state index contributed by atoms with van der Waals surface area (Å²) in [5.41, 5.74) is 1.62. The predicted molar refractivity (Wildman–Crippen MR) is 73.0 cm³/mol. The molecule has 1 unspecified atom stereocenters. The molecule has 102 valence electrons. The number of hydrogen-bond acceptors (Lipinski definition) is 3. The average Bonchev–Trinajstić information content (AvgIpc) is 2.93. The number of nitrogens with zero attached hydrogens (tertiary/aromatic N) is 2. The first-order valence-corrected chi connectivity index (χ1v) is 6.69. The molecule has 3 rings (SSSR count). The van der Waals surface area contributed by atoms with Crippen LogP contribution in [0.2, 0.25) is 0 Å². The van der Waals surface area contributed by atoms with Crippen LogP contribution in [0, 0.1) is 11.7 Å². The Labute approximate surface area is 112 Å². The number of benzene rings is 1. The van der Waals surface area contributed by atoms with Crippen LogP contribution in [-0.2, 0) is 4.79 Å². The van der Waals surface area contributed by atoms with Crippen LogP contribution in [-0.4, -0.2) is 39.1 Å².